The zero-order valence-electron chi connectivity index (χ0n) is 12.9. The third-order valence-electron chi connectivity index (χ3n) is 2.60. The maximum Gasteiger partial charge on any atom is 0.193 e. The van der Waals surface area contributed by atoms with E-state index < -0.39 is 0 Å². The van der Waals surface area contributed by atoms with E-state index in [1.807, 2.05) is 27.7 Å². The minimum atomic E-state index is 0.330. The van der Waals surface area contributed by atoms with Gasteiger partial charge >= 0.3 is 0 Å². The number of hydrogen-bond acceptors (Lipinski definition) is 5. The van der Waals surface area contributed by atoms with Crippen LogP contribution < -0.4 is 5.73 Å². The Bertz CT molecular complexity index is 554. The van der Waals surface area contributed by atoms with Gasteiger partial charge in [0.15, 0.2) is 5.82 Å². The highest BCUT2D eigenvalue weighted by Crippen LogP contribution is 2.23. The summed E-state index contributed by atoms with van der Waals surface area (Å²) in [6, 6.07) is 1.62. The molecule has 2 aromatic rings. The van der Waals surface area contributed by atoms with Gasteiger partial charge < -0.3 is 10.5 Å². The summed E-state index contributed by atoms with van der Waals surface area (Å²) in [6.07, 6.45) is 3.23. The number of halogens is 1. The third kappa shape index (κ3) is 4.15. The van der Waals surface area contributed by atoms with Crippen molar-refractivity contribution in [2.24, 2.45) is 0 Å². The van der Waals surface area contributed by atoms with Gasteiger partial charge in [0.2, 0.25) is 0 Å². The van der Waals surface area contributed by atoms with Crippen LogP contribution in [0, 0.1) is 0 Å². The Morgan fingerprint density at radius 1 is 1.24 bits per heavy atom. The summed E-state index contributed by atoms with van der Waals surface area (Å²) < 4.78 is 5.11. The molecule has 0 spiro atoms. The molecule has 0 aromatic carbocycles. The van der Waals surface area contributed by atoms with Crippen molar-refractivity contribution < 1.29 is 4.74 Å². The quantitative estimate of drug-likeness (QED) is 0.922. The van der Waals surface area contributed by atoms with Crippen LogP contribution in [0.1, 0.15) is 39.3 Å². The number of pyridine rings is 1. The van der Waals surface area contributed by atoms with Gasteiger partial charge in [-0.25, -0.2) is 4.98 Å². The van der Waals surface area contributed by atoms with Gasteiger partial charge in [-0.05, 0) is 6.07 Å². The molecule has 21 heavy (non-hydrogen) atoms. The zero-order chi connectivity index (χ0) is 15.8. The van der Waals surface area contributed by atoms with E-state index >= 15 is 0 Å². The molecule has 0 radical (unpaired) electrons. The van der Waals surface area contributed by atoms with Crippen molar-refractivity contribution in [3.8, 4) is 5.82 Å². The average Bonchev–Trinajstić information content (AvgIpc) is 2.90. The summed E-state index contributed by atoms with van der Waals surface area (Å²) in [5, 5.41) is 8.90. The average molecular weight is 312 g/mol. The molecule has 1 aliphatic rings. The van der Waals surface area contributed by atoms with Gasteiger partial charge in [0.05, 0.1) is 47.9 Å². The van der Waals surface area contributed by atoms with Crippen LogP contribution in [-0.2, 0) is 4.74 Å². The first kappa shape index (κ1) is 17.4. The van der Waals surface area contributed by atoms with Crippen molar-refractivity contribution in [3.63, 3.8) is 0 Å². The molecule has 0 unspecified atom stereocenters. The summed E-state index contributed by atoms with van der Waals surface area (Å²) >= 11 is 6.03. The lowest BCUT2D eigenvalue weighted by Crippen LogP contribution is -2.25. The second-order valence-electron chi connectivity index (χ2n) is 3.87. The van der Waals surface area contributed by atoms with Crippen LogP contribution in [0.5, 0.6) is 0 Å². The van der Waals surface area contributed by atoms with Crippen molar-refractivity contribution in [3.05, 3.63) is 29.2 Å². The van der Waals surface area contributed by atoms with E-state index in [9.17, 15) is 0 Å². The largest absolute Gasteiger partial charge is 0.397 e. The first-order valence-electron chi connectivity index (χ1n) is 7.15. The zero-order valence-corrected chi connectivity index (χ0v) is 13.6. The monoisotopic (exact) mass is 311 g/mol. The Kier molecular flexibility index (Phi) is 7.11. The molecule has 0 atom stereocenters. The standard InChI is InChI=1S/C10H10ClN5O.2C2H6/c11-8-1-7(12)2-13-10(8)16-14-3-9(15-16)6-4-17-5-6;2*1-2/h1-3,6H,4-5,12H2;2*1-2H3. The molecule has 1 aliphatic heterocycles. The predicted molar refractivity (Wildman–Crippen MR) is 84.8 cm³/mol. The van der Waals surface area contributed by atoms with Crippen LogP contribution in [0.4, 0.5) is 5.69 Å². The van der Waals surface area contributed by atoms with Gasteiger partial charge in [0, 0.05) is 0 Å². The van der Waals surface area contributed by atoms with E-state index in [0.717, 1.165) is 5.69 Å². The molecule has 2 aromatic heterocycles. The normalized spacial score (nSPS) is 13.4. The van der Waals surface area contributed by atoms with Gasteiger partial charge in [-0.3, -0.25) is 0 Å². The predicted octanol–water partition coefficient (Wildman–Crippen LogP) is 3.06. The van der Waals surface area contributed by atoms with Crippen molar-refractivity contribution in [2.45, 2.75) is 33.6 Å². The highest BCUT2D eigenvalue weighted by molar-refractivity contribution is 6.32. The molecule has 3 heterocycles. The molecule has 0 aliphatic carbocycles. The van der Waals surface area contributed by atoms with E-state index in [1.54, 1.807) is 12.3 Å². The second kappa shape index (κ2) is 8.59. The summed E-state index contributed by atoms with van der Waals surface area (Å²) in [5.41, 5.74) is 6.98. The molecule has 1 saturated heterocycles. The van der Waals surface area contributed by atoms with Crippen LogP contribution >= 0.6 is 11.6 Å². The summed E-state index contributed by atoms with van der Waals surface area (Å²) in [4.78, 5) is 5.53. The van der Waals surface area contributed by atoms with E-state index in [1.165, 1.54) is 11.0 Å². The lowest BCUT2D eigenvalue weighted by Gasteiger charge is -2.23. The topological polar surface area (TPSA) is 78.8 Å². The highest BCUT2D eigenvalue weighted by Gasteiger charge is 2.24. The highest BCUT2D eigenvalue weighted by atomic mass is 35.5. The van der Waals surface area contributed by atoms with Crippen LogP contribution in [0.15, 0.2) is 18.5 Å². The van der Waals surface area contributed by atoms with Gasteiger partial charge in [-0.15, -0.1) is 4.80 Å². The molecule has 0 saturated carbocycles. The molecular formula is C14H22ClN5O. The summed E-state index contributed by atoms with van der Waals surface area (Å²) in [5.74, 6) is 0.809. The minimum Gasteiger partial charge on any atom is -0.397 e. The van der Waals surface area contributed by atoms with Crippen LogP contribution in [-0.4, -0.2) is 33.2 Å². The van der Waals surface area contributed by atoms with Crippen molar-refractivity contribution in [1.82, 2.24) is 20.0 Å². The van der Waals surface area contributed by atoms with Crippen LogP contribution in [0.25, 0.3) is 5.82 Å². The summed E-state index contributed by atoms with van der Waals surface area (Å²) in [7, 11) is 0. The Morgan fingerprint density at radius 3 is 2.43 bits per heavy atom. The van der Waals surface area contributed by atoms with Crippen LogP contribution in [0.2, 0.25) is 5.02 Å². The smallest absolute Gasteiger partial charge is 0.193 e. The molecule has 116 valence electrons. The Hall–Kier alpha value is -1.66. The molecule has 0 bridgehead atoms. The van der Waals surface area contributed by atoms with E-state index in [4.69, 9.17) is 22.1 Å². The van der Waals surface area contributed by atoms with Gasteiger partial charge in [0.1, 0.15) is 0 Å². The minimum absolute atomic E-state index is 0.330. The number of ether oxygens (including phenoxy) is 1. The molecule has 7 heteroatoms. The Labute approximate surface area is 130 Å². The lowest BCUT2D eigenvalue weighted by atomic mass is 10.1. The second-order valence-corrected chi connectivity index (χ2v) is 4.27. The maximum absolute atomic E-state index is 6.03. The van der Waals surface area contributed by atoms with Gasteiger partial charge in [-0.1, -0.05) is 39.3 Å². The number of rotatable bonds is 2. The van der Waals surface area contributed by atoms with Crippen molar-refractivity contribution in [2.75, 3.05) is 18.9 Å². The van der Waals surface area contributed by atoms with Crippen LogP contribution in [0.3, 0.4) is 0 Å². The Morgan fingerprint density at radius 2 is 1.90 bits per heavy atom. The van der Waals surface area contributed by atoms with Crippen molar-refractivity contribution in [1.29, 1.82) is 0 Å². The Balaban J connectivity index is 0.000000510. The number of nitrogen functional groups attached to an aromatic ring is 1. The third-order valence-corrected chi connectivity index (χ3v) is 2.88. The van der Waals surface area contributed by atoms with E-state index in [0.29, 0.717) is 35.7 Å². The number of aromatic nitrogens is 4. The summed E-state index contributed by atoms with van der Waals surface area (Å²) in [6.45, 7) is 9.39. The fraction of sp³-hybridized carbons (Fsp3) is 0.500. The van der Waals surface area contributed by atoms with Gasteiger partial charge in [-0.2, -0.15) is 10.2 Å². The lowest BCUT2D eigenvalue weighted by molar-refractivity contribution is 0.00657. The molecule has 1 fully saturated rings. The van der Waals surface area contributed by atoms with Crippen molar-refractivity contribution >= 4 is 17.3 Å². The molecule has 3 rings (SSSR count). The molecule has 0 amide bonds. The maximum atomic E-state index is 6.03. The SMILES string of the molecule is CC.CC.Nc1cnc(-n2ncc(C3COC3)n2)c(Cl)c1. The van der Waals surface area contributed by atoms with Gasteiger partial charge in [0.25, 0.3) is 0 Å². The number of anilines is 1. The van der Waals surface area contributed by atoms with E-state index in [-0.39, 0.29) is 0 Å². The fourth-order valence-electron chi connectivity index (χ4n) is 1.56. The molecule has 2 N–H and O–H groups in total. The number of nitrogens with two attached hydrogens (primary N) is 1. The number of hydrogen-bond donors (Lipinski definition) is 1. The molecular weight excluding hydrogens is 290 g/mol. The first-order chi connectivity index (χ1) is 10.2. The van der Waals surface area contributed by atoms with E-state index in [2.05, 4.69) is 15.2 Å². The number of nitrogens with zero attached hydrogens (tertiary/aromatic N) is 4. The molecule has 6 nitrogen and oxygen atoms in total. The fourth-order valence-corrected chi connectivity index (χ4v) is 1.81. The first-order valence-corrected chi connectivity index (χ1v) is 7.53.